The van der Waals surface area contributed by atoms with Crippen molar-refractivity contribution in [1.29, 1.82) is 0 Å². The molecule has 0 spiro atoms. The van der Waals surface area contributed by atoms with Crippen molar-refractivity contribution in [3.63, 3.8) is 0 Å². The lowest BCUT2D eigenvalue weighted by Crippen LogP contribution is -2.54. The van der Waals surface area contributed by atoms with E-state index in [4.69, 9.17) is 10.5 Å². The van der Waals surface area contributed by atoms with Crippen molar-refractivity contribution in [3.8, 4) is 0 Å². The van der Waals surface area contributed by atoms with Crippen LogP contribution in [0.3, 0.4) is 0 Å². The van der Waals surface area contributed by atoms with Gasteiger partial charge in [-0.2, -0.15) is 0 Å². The number of carbonyl (C=O) groups is 2. The van der Waals surface area contributed by atoms with Crippen LogP contribution in [0.2, 0.25) is 0 Å². The number of carbonyl (C=O) groups excluding carboxylic acids is 2. The van der Waals surface area contributed by atoms with Gasteiger partial charge in [0, 0.05) is 12.6 Å². The number of nitrogens with two attached hydrogens (primary N) is 1. The number of nitrogens with zero attached hydrogens (tertiary/aromatic N) is 2. The Morgan fingerprint density at radius 1 is 1.47 bits per heavy atom. The predicted octanol–water partition coefficient (Wildman–Crippen LogP) is 0.615. The second-order valence-electron chi connectivity index (χ2n) is 4.95. The standard InChI is InChI=1S/C13H15N3O3/c1-15-10(17)7-13(14)8-5-3-4-6-9(8)16(11(13)15)12(18)19-2/h3-6,11H,7,14H2,1-2H3/t11-,13-/m0/s1. The highest BCUT2D eigenvalue weighted by molar-refractivity contribution is 5.96. The molecule has 6 nitrogen and oxygen atoms in total. The molecule has 0 bridgehead atoms. The number of fused-ring (bicyclic) bond motifs is 3. The molecular weight excluding hydrogens is 246 g/mol. The minimum Gasteiger partial charge on any atom is -0.452 e. The number of methoxy groups -OCH3 is 1. The van der Waals surface area contributed by atoms with Gasteiger partial charge in [0.1, 0.15) is 6.17 Å². The first kappa shape index (κ1) is 12.0. The van der Waals surface area contributed by atoms with Crippen molar-refractivity contribution < 1.29 is 14.3 Å². The molecule has 1 aromatic carbocycles. The highest BCUT2D eigenvalue weighted by Gasteiger charge is 2.59. The number of rotatable bonds is 0. The number of anilines is 1. The zero-order chi connectivity index (χ0) is 13.8. The van der Waals surface area contributed by atoms with E-state index in [9.17, 15) is 9.59 Å². The number of likely N-dealkylation sites (N-methyl/N-ethyl adjacent to an activating group) is 1. The third-order valence-corrected chi connectivity index (χ3v) is 3.95. The van der Waals surface area contributed by atoms with Crippen molar-refractivity contribution in [2.45, 2.75) is 18.1 Å². The summed E-state index contributed by atoms with van der Waals surface area (Å²) in [6.45, 7) is 0. The Labute approximate surface area is 110 Å². The van der Waals surface area contributed by atoms with Crippen LogP contribution in [0.4, 0.5) is 10.5 Å². The molecule has 2 heterocycles. The van der Waals surface area contributed by atoms with Crippen molar-refractivity contribution in [2.24, 2.45) is 5.73 Å². The molecule has 2 amide bonds. The Hall–Kier alpha value is -2.08. The summed E-state index contributed by atoms with van der Waals surface area (Å²) in [6.07, 6.45) is -0.838. The zero-order valence-corrected chi connectivity index (χ0v) is 10.8. The molecule has 0 radical (unpaired) electrons. The smallest absolute Gasteiger partial charge is 0.415 e. The summed E-state index contributed by atoms with van der Waals surface area (Å²) in [7, 11) is 2.97. The number of likely N-dealkylation sites (tertiary alicyclic amines) is 1. The third kappa shape index (κ3) is 1.34. The minimum atomic E-state index is -0.864. The minimum absolute atomic E-state index is 0.0732. The number of benzene rings is 1. The van der Waals surface area contributed by atoms with E-state index < -0.39 is 17.8 Å². The highest BCUT2D eigenvalue weighted by atomic mass is 16.5. The summed E-state index contributed by atoms with van der Waals surface area (Å²) in [4.78, 5) is 26.9. The summed E-state index contributed by atoms with van der Waals surface area (Å²) >= 11 is 0. The number of para-hydroxylation sites is 1. The van der Waals surface area contributed by atoms with Gasteiger partial charge in [0.25, 0.3) is 0 Å². The maximum absolute atomic E-state index is 12.0. The van der Waals surface area contributed by atoms with Crippen LogP contribution >= 0.6 is 0 Å². The van der Waals surface area contributed by atoms with Crippen LogP contribution in [-0.2, 0) is 15.1 Å². The van der Waals surface area contributed by atoms with Crippen molar-refractivity contribution in [1.82, 2.24) is 4.90 Å². The molecule has 2 aliphatic heterocycles. The predicted molar refractivity (Wildman–Crippen MR) is 68.4 cm³/mol. The summed E-state index contributed by atoms with van der Waals surface area (Å²) < 4.78 is 4.82. The first-order chi connectivity index (χ1) is 9.00. The summed E-state index contributed by atoms with van der Waals surface area (Å²) in [5.74, 6) is -0.0732. The molecule has 1 fully saturated rings. The lowest BCUT2D eigenvalue weighted by Gasteiger charge is -2.32. The van der Waals surface area contributed by atoms with Gasteiger partial charge in [0.15, 0.2) is 0 Å². The van der Waals surface area contributed by atoms with Crippen molar-refractivity contribution >= 4 is 17.7 Å². The van der Waals surface area contributed by atoms with E-state index in [1.54, 1.807) is 7.05 Å². The van der Waals surface area contributed by atoms with E-state index in [0.717, 1.165) is 5.56 Å². The maximum atomic E-state index is 12.0. The Bertz CT molecular complexity index is 574. The van der Waals surface area contributed by atoms with Crippen LogP contribution in [0.1, 0.15) is 12.0 Å². The van der Waals surface area contributed by atoms with Crippen LogP contribution in [0, 0.1) is 0 Å². The Morgan fingerprint density at radius 2 is 2.16 bits per heavy atom. The average Bonchev–Trinajstić information content (AvgIpc) is 2.79. The third-order valence-electron chi connectivity index (χ3n) is 3.95. The topological polar surface area (TPSA) is 75.9 Å². The Kier molecular flexibility index (Phi) is 2.34. The molecule has 2 aliphatic rings. The fraction of sp³-hybridized carbons (Fsp3) is 0.385. The molecule has 6 heteroatoms. The first-order valence-electron chi connectivity index (χ1n) is 6.02. The fourth-order valence-corrected chi connectivity index (χ4v) is 3.09. The summed E-state index contributed by atoms with van der Waals surface area (Å²) in [5, 5.41) is 0. The highest BCUT2D eigenvalue weighted by Crippen LogP contribution is 2.48. The zero-order valence-electron chi connectivity index (χ0n) is 10.8. The van der Waals surface area contributed by atoms with Crippen LogP contribution in [-0.4, -0.2) is 37.2 Å². The SMILES string of the molecule is COC(=O)N1c2ccccc2[C@@]2(N)CC(=O)N(C)[C@@H]12. The molecule has 1 saturated heterocycles. The van der Waals surface area contributed by atoms with Gasteiger partial charge in [-0.05, 0) is 6.07 Å². The van der Waals surface area contributed by atoms with Crippen LogP contribution in [0.15, 0.2) is 24.3 Å². The largest absolute Gasteiger partial charge is 0.452 e. The molecular formula is C13H15N3O3. The van der Waals surface area contributed by atoms with E-state index in [2.05, 4.69) is 0 Å². The van der Waals surface area contributed by atoms with Crippen LogP contribution in [0.25, 0.3) is 0 Å². The van der Waals surface area contributed by atoms with Gasteiger partial charge < -0.3 is 15.4 Å². The van der Waals surface area contributed by atoms with Gasteiger partial charge in [0.2, 0.25) is 5.91 Å². The molecule has 3 rings (SSSR count). The van der Waals surface area contributed by atoms with Gasteiger partial charge in [0.05, 0.1) is 24.8 Å². The van der Waals surface area contributed by atoms with Gasteiger partial charge in [-0.15, -0.1) is 0 Å². The van der Waals surface area contributed by atoms with E-state index in [-0.39, 0.29) is 12.3 Å². The molecule has 2 N–H and O–H groups in total. The number of hydrogen-bond donors (Lipinski definition) is 1. The maximum Gasteiger partial charge on any atom is 0.415 e. The Morgan fingerprint density at radius 3 is 2.84 bits per heavy atom. The van der Waals surface area contributed by atoms with E-state index in [1.165, 1.54) is 16.9 Å². The summed E-state index contributed by atoms with van der Waals surface area (Å²) in [5.41, 5.74) is 7.08. The molecule has 1 aromatic rings. The van der Waals surface area contributed by atoms with Crippen molar-refractivity contribution in [3.05, 3.63) is 29.8 Å². The molecule has 19 heavy (non-hydrogen) atoms. The lowest BCUT2D eigenvalue weighted by atomic mass is 9.90. The number of ether oxygens (including phenoxy) is 1. The molecule has 0 aromatic heterocycles. The van der Waals surface area contributed by atoms with E-state index >= 15 is 0 Å². The summed E-state index contributed by atoms with van der Waals surface area (Å²) in [6, 6.07) is 7.37. The average molecular weight is 261 g/mol. The lowest BCUT2D eigenvalue weighted by molar-refractivity contribution is -0.127. The van der Waals surface area contributed by atoms with E-state index in [0.29, 0.717) is 5.69 Å². The van der Waals surface area contributed by atoms with E-state index in [1.807, 2.05) is 24.3 Å². The van der Waals surface area contributed by atoms with Gasteiger partial charge in [-0.3, -0.25) is 9.69 Å². The van der Waals surface area contributed by atoms with Gasteiger partial charge in [-0.25, -0.2) is 4.79 Å². The number of hydrogen-bond acceptors (Lipinski definition) is 4. The van der Waals surface area contributed by atoms with Crippen LogP contribution in [0.5, 0.6) is 0 Å². The molecule has 0 saturated carbocycles. The van der Waals surface area contributed by atoms with Crippen molar-refractivity contribution in [2.75, 3.05) is 19.1 Å². The fourth-order valence-electron chi connectivity index (χ4n) is 3.09. The second-order valence-corrected chi connectivity index (χ2v) is 4.95. The second kappa shape index (κ2) is 3.71. The monoisotopic (exact) mass is 261 g/mol. The van der Waals surface area contributed by atoms with Crippen LogP contribution < -0.4 is 10.6 Å². The molecule has 0 aliphatic carbocycles. The molecule has 0 unspecified atom stereocenters. The number of amides is 2. The molecule has 2 atom stereocenters. The Balaban J connectivity index is 2.21. The first-order valence-corrected chi connectivity index (χ1v) is 6.02. The van der Waals surface area contributed by atoms with Gasteiger partial charge in [-0.1, -0.05) is 18.2 Å². The molecule has 100 valence electrons. The normalized spacial score (nSPS) is 28.4. The van der Waals surface area contributed by atoms with Gasteiger partial charge >= 0.3 is 6.09 Å². The quantitative estimate of drug-likeness (QED) is 0.742.